The molecule has 3 rings (SSSR count). The maximum Gasteiger partial charge on any atom is 0.387 e. The number of carbonyl (C=O) groups excluding carboxylic acids is 1. The Balaban J connectivity index is 1.67. The first kappa shape index (κ1) is 20.7. The van der Waals surface area contributed by atoms with Gasteiger partial charge in [-0.05, 0) is 48.9 Å². The Morgan fingerprint density at radius 3 is 2.70 bits per heavy atom. The van der Waals surface area contributed by atoms with Crippen molar-refractivity contribution in [3.05, 3.63) is 65.5 Å². The van der Waals surface area contributed by atoms with Gasteiger partial charge < -0.3 is 14.8 Å². The van der Waals surface area contributed by atoms with Crippen LogP contribution in [-0.4, -0.2) is 34.1 Å². The second kappa shape index (κ2) is 9.47. The van der Waals surface area contributed by atoms with Crippen molar-refractivity contribution in [2.45, 2.75) is 20.1 Å². The lowest BCUT2D eigenvalue weighted by Gasteiger charge is -2.08. The molecule has 0 saturated carbocycles. The van der Waals surface area contributed by atoms with E-state index in [0.717, 1.165) is 5.56 Å². The molecule has 1 N–H and O–H groups in total. The number of amides is 1. The monoisotopic (exact) mass is 413 g/mol. The van der Waals surface area contributed by atoms with Gasteiger partial charge in [-0.2, -0.15) is 14.0 Å². The second-order valence-corrected chi connectivity index (χ2v) is 6.08. The number of alkyl halides is 2. The van der Waals surface area contributed by atoms with Crippen LogP contribution in [0.15, 0.2) is 48.5 Å². The highest BCUT2D eigenvalue weighted by Crippen LogP contribution is 2.19. The summed E-state index contributed by atoms with van der Waals surface area (Å²) in [4.78, 5) is 12.5. The first-order valence-electron chi connectivity index (χ1n) is 8.82. The van der Waals surface area contributed by atoms with E-state index in [-0.39, 0.29) is 24.6 Å². The molecule has 0 atom stereocenters. The molecule has 1 aromatic heterocycles. The molecule has 0 spiro atoms. The van der Waals surface area contributed by atoms with E-state index in [1.807, 2.05) is 12.1 Å². The van der Waals surface area contributed by atoms with Crippen LogP contribution in [0.4, 0.5) is 8.78 Å². The lowest BCUT2D eigenvalue weighted by molar-refractivity contribution is -0.0498. The number of ether oxygens (including phenoxy) is 2. The van der Waals surface area contributed by atoms with E-state index < -0.39 is 12.5 Å². The zero-order valence-corrected chi connectivity index (χ0v) is 15.9. The highest BCUT2D eigenvalue weighted by atomic mass is 19.3. The summed E-state index contributed by atoms with van der Waals surface area (Å²) < 4.78 is 35.5. The molecule has 0 aliphatic heterocycles. The zero-order chi connectivity index (χ0) is 21.5. The van der Waals surface area contributed by atoms with Crippen LogP contribution < -0.4 is 14.8 Å². The predicted octanol–water partition coefficient (Wildman–Crippen LogP) is 3.01. The van der Waals surface area contributed by atoms with Crippen molar-refractivity contribution in [3.8, 4) is 23.3 Å². The second-order valence-electron chi connectivity index (χ2n) is 6.08. The predicted molar refractivity (Wildman–Crippen MR) is 101 cm³/mol. The summed E-state index contributed by atoms with van der Waals surface area (Å²) in [6.07, 6.45) is 0. The molecular weight excluding hydrogens is 396 g/mol. The van der Waals surface area contributed by atoms with Crippen LogP contribution in [0, 0.1) is 18.3 Å². The van der Waals surface area contributed by atoms with Crippen LogP contribution in [0.5, 0.6) is 11.5 Å². The van der Waals surface area contributed by atoms with Crippen molar-refractivity contribution < 1.29 is 23.0 Å². The summed E-state index contributed by atoms with van der Waals surface area (Å²) in [6, 6.07) is 14.7. The van der Waals surface area contributed by atoms with Gasteiger partial charge in [-0.25, -0.2) is 4.68 Å². The zero-order valence-electron chi connectivity index (χ0n) is 15.9. The third-order valence-corrected chi connectivity index (χ3v) is 4.07. The molecular formula is C20H17F2N5O3. The Kier molecular flexibility index (Phi) is 6.54. The van der Waals surface area contributed by atoms with Gasteiger partial charge in [0, 0.05) is 6.54 Å². The number of halogens is 2. The number of aromatic nitrogens is 3. The molecule has 0 aliphatic carbocycles. The molecule has 0 aliphatic rings. The Morgan fingerprint density at radius 1 is 1.23 bits per heavy atom. The highest BCUT2D eigenvalue weighted by Gasteiger charge is 2.17. The van der Waals surface area contributed by atoms with E-state index in [1.54, 1.807) is 25.1 Å². The van der Waals surface area contributed by atoms with E-state index in [2.05, 4.69) is 20.4 Å². The van der Waals surface area contributed by atoms with Crippen LogP contribution in [0.1, 0.15) is 21.7 Å². The molecule has 154 valence electrons. The van der Waals surface area contributed by atoms with Gasteiger partial charge in [-0.1, -0.05) is 17.3 Å². The van der Waals surface area contributed by atoms with Crippen LogP contribution in [-0.2, 0) is 6.54 Å². The van der Waals surface area contributed by atoms with Crippen molar-refractivity contribution in [1.82, 2.24) is 20.3 Å². The maximum atomic E-state index is 12.5. The fraction of sp³-hybridized carbons (Fsp3) is 0.200. The van der Waals surface area contributed by atoms with E-state index in [0.29, 0.717) is 17.1 Å². The first-order chi connectivity index (χ1) is 14.5. The SMILES string of the molecule is Cc1c(C(=O)NCc2cccc(OCC#N)c2)nnn1-c1ccc(OC(F)F)cc1. The van der Waals surface area contributed by atoms with Crippen molar-refractivity contribution in [2.75, 3.05) is 6.61 Å². The van der Waals surface area contributed by atoms with Crippen molar-refractivity contribution in [2.24, 2.45) is 0 Å². The largest absolute Gasteiger partial charge is 0.479 e. The number of benzene rings is 2. The Labute approximate surface area is 170 Å². The number of carbonyl (C=O) groups is 1. The average molecular weight is 413 g/mol. The maximum absolute atomic E-state index is 12.5. The van der Waals surface area contributed by atoms with Gasteiger partial charge >= 0.3 is 6.61 Å². The summed E-state index contributed by atoms with van der Waals surface area (Å²) >= 11 is 0. The fourth-order valence-electron chi connectivity index (χ4n) is 2.68. The summed E-state index contributed by atoms with van der Waals surface area (Å²) in [7, 11) is 0. The van der Waals surface area contributed by atoms with Crippen molar-refractivity contribution >= 4 is 5.91 Å². The highest BCUT2D eigenvalue weighted by molar-refractivity contribution is 5.93. The quantitative estimate of drug-likeness (QED) is 0.609. The van der Waals surface area contributed by atoms with Crippen LogP contribution in [0.25, 0.3) is 5.69 Å². The summed E-state index contributed by atoms with van der Waals surface area (Å²) in [6.45, 7) is -1.06. The van der Waals surface area contributed by atoms with Gasteiger partial charge in [0.15, 0.2) is 12.3 Å². The molecule has 10 heteroatoms. The van der Waals surface area contributed by atoms with Crippen molar-refractivity contribution in [3.63, 3.8) is 0 Å². The number of rotatable bonds is 8. The summed E-state index contributed by atoms with van der Waals surface area (Å²) in [5.41, 5.74) is 1.96. The Bertz CT molecular complexity index is 1060. The van der Waals surface area contributed by atoms with E-state index in [9.17, 15) is 13.6 Å². The van der Waals surface area contributed by atoms with Gasteiger partial charge in [0.25, 0.3) is 5.91 Å². The van der Waals surface area contributed by atoms with E-state index >= 15 is 0 Å². The van der Waals surface area contributed by atoms with Crippen LogP contribution >= 0.6 is 0 Å². The molecule has 3 aromatic rings. The number of nitriles is 1. The van der Waals surface area contributed by atoms with Gasteiger partial charge in [-0.3, -0.25) is 4.79 Å². The molecule has 0 fully saturated rings. The normalized spacial score (nSPS) is 10.5. The van der Waals surface area contributed by atoms with Crippen LogP contribution in [0.3, 0.4) is 0 Å². The van der Waals surface area contributed by atoms with Gasteiger partial charge in [0.2, 0.25) is 0 Å². The summed E-state index contributed by atoms with van der Waals surface area (Å²) in [5.74, 6) is 0.134. The molecule has 0 saturated heterocycles. The number of nitrogens with one attached hydrogen (secondary N) is 1. The third kappa shape index (κ3) is 5.08. The molecule has 0 unspecified atom stereocenters. The van der Waals surface area contributed by atoms with Crippen LogP contribution in [0.2, 0.25) is 0 Å². The first-order valence-corrected chi connectivity index (χ1v) is 8.82. The number of hydrogen-bond donors (Lipinski definition) is 1. The lowest BCUT2D eigenvalue weighted by Crippen LogP contribution is -2.24. The van der Waals surface area contributed by atoms with E-state index in [4.69, 9.17) is 10.00 Å². The van der Waals surface area contributed by atoms with Crippen molar-refractivity contribution in [1.29, 1.82) is 5.26 Å². The van der Waals surface area contributed by atoms with Gasteiger partial charge in [0.05, 0.1) is 11.4 Å². The van der Waals surface area contributed by atoms with E-state index in [1.165, 1.54) is 28.9 Å². The fourth-order valence-corrected chi connectivity index (χ4v) is 2.68. The number of nitrogens with zero attached hydrogens (tertiary/aromatic N) is 4. The molecule has 0 bridgehead atoms. The Morgan fingerprint density at radius 2 is 2.00 bits per heavy atom. The average Bonchev–Trinajstić information content (AvgIpc) is 3.12. The smallest absolute Gasteiger partial charge is 0.387 e. The molecule has 2 aromatic carbocycles. The minimum atomic E-state index is -2.90. The molecule has 30 heavy (non-hydrogen) atoms. The number of hydrogen-bond acceptors (Lipinski definition) is 6. The standard InChI is InChI=1S/C20H17F2N5O3/c1-13-18(19(28)24-12-14-3-2-4-17(11-14)29-10-9-23)25-26-27(13)15-5-7-16(8-6-15)30-20(21)22/h2-8,11,20H,10,12H2,1H3,(H,24,28). The Hall–Kier alpha value is -4.00. The summed E-state index contributed by atoms with van der Waals surface area (Å²) in [5, 5.41) is 19.2. The minimum absolute atomic E-state index is 0.0189. The molecule has 1 amide bonds. The third-order valence-electron chi connectivity index (χ3n) is 4.07. The van der Waals surface area contributed by atoms with Gasteiger partial charge in [-0.15, -0.1) is 5.10 Å². The molecule has 1 heterocycles. The lowest BCUT2D eigenvalue weighted by atomic mass is 10.2. The molecule has 0 radical (unpaired) electrons. The molecule has 8 nitrogen and oxygen atoms in total. The minimum Gasteiger partial charge on any atom is -0.479 e. The topological polar surface area (TPSA) is 102 Å². The van der Waals surface area contributed by atoms with Gasteiger partial charge in [0.1, 0.15) is 17.6 Å².